The maximum absolute atomic E-state index is 11.6. The van der Waals surface area contributed by atoms with Gasteiger partial charge in [0.1, 0.15) is 11.9 Å². The minimum atomic E-state index is -0.500. The highest BCUT2D eigenvalue weighted by atomic mass is 16.6. The van der Waals surface area contributed by atoms with E-state index in [4.69, 9.17) is 9.47 Å². The number of hydrogen-bond acceptors (Lipinski definition) is 4. The van der Waals surface area contributed by atoms with Gasteiger partial charge in [-0.25, -0.2) is 9.59 Å². The van der Waals surface area contributed by atoms with Gasteiger partial charge in [0.25, 0.3) is 0 Å². The molecule has 4 nitrogen and oxygen atoms in total. The molecule has 0 radical (unpaired) electrons. The fourth-order valence-corrected chi connectivity index (χ4v) is 1.23. The van der Waals surface area contributed by atoms with Crippen LogP contribution in [-0.2, 0) is 19.1 Å². The molecule has 1 rings (SSSR count). The first-order valence-corrected chi connectivity index (χ1v) is 5.12. The molecule has 1 aliphatic heterocycles. The number of cyclic esters (lactones) is 2. The van der Waals surface area contributed by atoms with Crippen molar-refractivity contribution in [3.63, 3.8) is 0 Å². The lowest BCUT2D eigenvalue weighted by molar-refractivity contribution is -0.142. The lowest BCUT2D eigenvalue weighted by Crippen LogP contribution is -2.17. The molecule has 16 heavy (non-hydrogen) atoms. The second kappa shape index (κ2) is 4.51. The fraction of sp³-hybridized carbons (Fsp3) is 0.500. The van der Waals surface area contributed by atoms with Crippen molar-refractivity contribution < 1.29 is 19.1 Å². The predicted molar refractivity (Wildman–Crippen MR) is 58.4 cm³/mol. The van der Waals surface area contributed by atoms with Gasteiger partial charge in [-0.15, -0.1) is 0 Å². The van der Waals surface area contributed by atoms with E-state index in [2.05, 4.69) is 0 Å². The van der Waals surface area contributed by atoms with Gasteiger partial charge in [0.15, 0.2) is 0 Å². The van der Waals surface area contributed by atoms with Crippen LogP contribution >= 0.6 is 0 Å². The molecule has 4 heteroatoms. The first-order valence-electron chi connectivity index (χ1n) is 5.12. The minimum Gasteiger partial charge on any atom is -0.455 e. The van der Waals surface area contributed by atoms with E-state index in [1.54, 1.807) is 34.6 Å². The molecule has 88 valence electrons. The van der Waals surface area contributed by atoms with Crippen LogP contribution in [-0.4, -0.2) is 18.0 Å². The summed E-state index contributed by atoms with van der Waals surface area (Å²) in [6.45, 7) is 8.32. The van der Waals surface area contributed by atoms with Crippen LogP contribution in [0.25, 0.3) is 0 Å². The minimum absolute atomic E-state index is 0.284. The van der Waals surface area contributed by atoms with Crippen molar-refractivity contribution in [1.82, 2.24) is 0 Å². The molecule has 0 fully saturated rings. The van der Waals surface area contributed by atoms with Crippen LogP contribution in [0, 0.1) is 0 Å². The van der Waals surface area contributed by atoms with Crippen LogP contribution in [0.4, 0.5) is 0 Å². The molecule has 1 aliphatic rings. The number of carbonyl (C=O) groups is 2. The Morgan fingerprint density at radius 3 is 2.00 bits per heavy atom. The topological polar surface area (TPSA) is 52.6 Å². The summed E-state index contributed by atoms with van der Waals surface area (Å²) in [5.41, 5.74) is 1.31. The Hall–Kier alpha value is -1.58. The zero-order chi connectivity index (χ0) is 12.5. The monoisotopic (exact) mass is 224 g/mol. The second-order valence-corrected chi connectivity index (χ2v) is 3.93. The van der Waals surface area contributed by atoms with Crippen LogP contribution in [0.3, 0.4) is 0 Å². The van der Waals surface area contributed by atoms with Crippen molar-refractivity contribution in [3.8, 4) is 0 Å². The number of carbonyl (C=O) groups excluding carboxylic acids is 2. The Kier molecular flexibility index (Phi) is 3.52. The third-order valence-corrected chi connectivity index (χ3v) is 2.87. The average Bonchev–Trinajstić information content (AvgIpc) is 2.25. The summed E-state index contributed by atoms with van der Waals surface area (Å²) < 4.78 is 10.3. The van der Waals surface area contributed by atoms with Gasteiger partial charge < -0.3 is 9.47 Å². The van der Waals surface area contributed by atoms with Gasteiger partial charge in [-0.2, -0.15) is 0 Å². The van der Waals surface area contributed by atoms with Gasteiger partial charge in [0, 0.05) is 16.7 Å². The first kappa shape index (κ1) is 12.5. The smallest absolute Gasteiger partial charge is 0.339 e. The summed E-state index contributed by atoms with van der Waals surface area (Å²) >= 11 is 0. The number of rotatable bonds is 0. The normalized spacial score (nSPS) is 32.4. The van der Waals surface area contributed by atoms with Crippen LogP contribution in [0.5, 0.6) is 0 Å². The summed E-state index contributed by atoms with van der Waals surface area (Å²) in [5, 5.41) is 0. The predicted octanol–water partition coefficient (Wildman–Crippen LogP) is 2.11. The summed E-state index contributed by atoms with van der Waals surface area (Å²) in [5.74, 6) is -0.490. The van der Waals surface area contributed by atoms with Gasteiger partial charge in [0.2, 0.25) is 0 Å². The Balaban J connectivity index is 3.22. The average molecular weight is 224 g/mol. The first-order chi connectivity index (χ1) is 7.34. The summed E-state index contributed by atoms with van der Waals surface area (Å²) in [6.07, 6.45) is -0.388. The zero-order valence-electron chi connectivity index (χ0n) is 10.2. The number of esters is 2. The molecule has 0 N–H and O–H groups in total. The van der Waals surface area contributed by atoms with E-state index in [1.165, 1.54) is 0 Å². The molecule has 0 aliphatic carbocycles. The van der Waals surface area contributed by atoms with E-state index in [9.17, 15) is 9.59 Å². The second-order valence-electron chi connectivity index (χ2n) is 3.93. The Morgan fingerprint density at radius 1 is 0.938 bits per heavy atom. The third kappa shape index (κ3) is 2.32. The van der Waals surface area contributed by atoms with Crippen molar-refractivity contribution in [1.29, 1.82) is 0 Å². The molecule has 0 saturated carbocycles. The van der Waals surface area contributed by atoms with E-state index in [0.717, 1.165) is 5.57 Å². The van der Waals surface area contributed by atoms with Gasteiger partial charge in [0.05, 0.1) is 0 Å². The number of allylic oxidation sites excluding steroid dienone is 1. The van der Waals surface area contributed by atoms with Crippen molar-refractivity contribution in [2.75, 3.05) is 0 Å². The van der Waals surface area contributed by atoms with E-state index in [-0.39, 0.29) is 11.7 Å². The van der Waals surface area contributed by atoms with Crippen LogP contribution in [0.15, 0.2) is 22.5 Å². The Morgan fingerprint density at radius 2 is 1.44 bits per heavy atom. The van der Waals surface area contributed by atoms with E-state index in [1.807, 2.05) is 0 Å². The molecule has 1 heterocycles. The van der Waals surface area contributed by atoms with Crippen LogP contribution in [0.2, 0.25) is 0 Å². The van der Waals surface area contributed by atoms with E-state index < -0.39 is 11.9 Å². The zero-order valence-corrected chi connectivity index (χ0v) is 10.2. The van der Waals surface area contributed by atoms with E-state index in [0.29, 0.717) is 11.3 Å². The summed E-state index contributed by atoms with van der Waals surface area (Å²) in [7, 11) is 0. The molecule has 0 aromatic carbocycles. The Labute approximate surface area is 94.9 Å². The third-order valence-electron chi connectivity index (χ3n) is 2.87. The lowest BCUT2D eigenvalue weighted by Gasteiger charge is -2.14. The SMILES string of the molecule is C/C1=C(\C)C(C)OC(=O)/C(C)=C(/C)C(=O)O1. The standard InChI is InChI=1S/C12H16O4/c1-6-7(2)12(14)16-10(5)8(3)9(4)15-11(6)13/h9H,1-5H3/b7-6-,10-8-. The van der Waals surface area contributed by atoms with Crippen molar-refractivity contribution >= 4 is 11.9 Å². The highest BCUT2D eigenvalue weighted by molar-refractivity contribution is 6.00. The van der Waals surface area contributed by atoms with Crippen molar-refractivity contribution in [2.45, 2.75) is 40.7 Å². The summed E-state index contributed by atoms with van der Waals surface area (Å²) in [6, 6.07) is 0. The molecule has 0 amide bonds. The highest BCUT2D eigenvalue weighted by Crippen LogP contribution is 2.19. The van der Waals surface area contributed by atoms with Crippen molar-refractivity contribution in [3.05, 3.63) is 22.5 Å². The maximum atomic E-state index is 11.6. The molecule has 0 aromatic rings. The quantitative estimate of drug-likeness (QED) is 0.591. The van der Waals surface area contributed by atoms with Gasteiger partial charge in [-0.1, -0.05) is 0 Å². The highest BCUT2D eigenvalue weighted by Gasteiger charge is 2.23. The van der Waals surface area contributed by atoms with Gasteiger partial charge in [-0.3, -0.25) is 0 Å². The molecule has 0 bridgehead atoms. The fourth-order valence-electron chi connectivity index (χ4n) is 1.23. The summed E-state index contributed by atoms with van der Waals surface area (Å²) in [4.78, 5) is 23.2. The van der Waals surface area contributed by atoms with Gasteiger partial charge >= 0.3 is 11.9 Å². The lowest BCUT2D eigenvalue weighted by atomic mass is 10.1. The van der Waals surface area contributed by atoms with E-state index >= 15 is 0 Å². The molecule has 1 unspecified atom stereocenters. The van der Waals surface area contributed by atoms with Gasteiger partial charge in [-0.05, 0) is 34.6 Å². The van der Waals surface area contributed by atoms with Crippen molar-refractivity contribution in [2.24, 2.45) is 0 Å². The van der Waals surface area contributed by atoms with Crippen LogP contribution < -0.4 is 0 Å². The molecule has 0 aromatic heterocycles. The van der Waals surface area contributed by atoms with Crippen LogP contribution in [0.1, 0.15) is 34.6 Å². The molecule has 0 saturated heterocycles. The number of hydrogen-bond donors (Lipinski definition) is 0. The molecule has 0 spiro atoms. The molecular weight excluding hydrogens is 208 g/mol. The number of ether oxygens (including phenoxy) is 2. The largest absolute Gasteiger partial charge is 0.455 e. The molecular formula is C12H16O4. The maximum Gasteiger partial charge on any atom is 0.339 e. The Bertz CT molecular complexity index is 401. The molecule has 1 atom stereocenters.